The van der Waals surface area contributed by atoms with Crippen LogP contribution in [0.3, 0.4) is 0 Å². The van der Waals surface area contributed by atoms with Crippen LogP contribution in [0.25, 0.3) is 11.0 Å². The molecular weight excluding hydrogens is 340 g/mol. The minimum absolute atomic E-state index is 0.0466. The summed E-state index contributed by atoms with van der Waals surface area (Å²) in [6.45, 7) is 4.31. The van der Waals surface area contributed by atoms with Crippen LogP contribution in [0.15, 0.2) is 54.6 Å². The molecule has 3 rings (SSSR count). The molecule has 0 radical (unpaired) electrons. The highest BCUT2D eigenvalue weighted by molar-refractivity contribution is 5.81. The maximum atomic E-state index is 12.5. The van der Waals surface area contributed by atoms with E-state index in [4.69, 9.17) is 0 Å². The van der Waals surface area contributed by atoms with Crippen molar-refractivity contribution < 1.29 is 9.59 Å². The van der Waals surface area contributed by atoms with E-state index in [1.807, 2.05) is 73.0 Å². The van der Waals surface area contributed by atoms with Gasteiger partial charge in [0.2, 0.25) is 11.8 Å². The van der Waals surface area contributed by atoms with E-state index in [0.717, 1.165) is 16.6 Å². The molecule has 2 aromatic carbocycles. The number of carbonyl (C=O) groups excluding carboxylic acids is 2. The number of nitrogens with one attached hydrogen (secondary N) is 2. The first-order chi connectivity index (χ1) is 13.1. The van der Waals surface area contributed by atoms with Crippen molar-refractivity contribution in [2.45, 2.75) is 39.4 Å². The molecule has 0 saturated heterocycles. The summed E-state index contributed by atoms with van der Waals surface area (Å²) >= 11 is 0. The molecule has 0 aliphatic heterocycles. The second-order valence-corrected chi connectivity index (χ2v) is 6.45. The third-order valence-electron chi connectivity index (χ3n) is 4.40. The van der Waals surface area contributed by atoms with E-state index in [1.54, 1.807) is 0 Å². The number of nitrogens with zero attached hydrogens (tertiary/aromatic N) is 2. The van der Waals surface area contributed by atoms with Gasteiger partial charge in [0.05, 0.1) is 17.1 Å². The lowest BCUT2D eigenvalue weighted by Crippen LogP contribution is -2.31. The molecule has 27 heavy (non-hydrogen) atoms. The Morgan fingerprint density at radius 1 is 1.04 bits per heavy atom. The van der Waals surface area contributed by atoms with Gasteiger partial charge < -0.3 is 15.2 Å². The maximum absolute atomic E-state index is 12.5. The number of aromatic nitrogens is 2. The highest BCUT2D eigenvalue weighted by atomic mass is 16.2. The Bertz CT molecular complexity index is 934. The van der Waals surface area contributed by atoms with Gasteiger partial charge >= 0.3 is 0 Å². The molecule has 0 saturated carbocycles. The zero-order chi connectivity index (χ0) is 19.2. The van der Waals surface area contributed by atoms with Crippen LogP contribution in [0, 0.1) is 0 Å². The highest BCUT2D eigenvalue weighted by Crippen LogP contribution is 2.21. The Morgan fingerprint density at radius 2 is 1.74 bits per heavy atom. The Hall–Kier alpha value is -3.15. The highest BCUT2D eigenvalue weighted by Gasteiger charge is 2.19. The van der Waals surface area contributed by atoms with Crippen LogP contribution >= 0.6 is 0 Å². The van der Waals surface area contributed by atoms with Crippen LogP contribution in [0.4, 0.5) is 0 Å². The summed E-state index contributed by atoms with van der Waals surface area (Å²) in [5.74, 6) is 0.528. The van der Waals surface area contributed by atoms with Gasteiger partial charge in [-0.15, -0.1) is 0 Å². The van der Waals surface area contributed by atoms with Gasteiger partial charge in [-0.05, 0) is 24.6 Å². The lowest BCUT2D eigenvalue weighted by Gasteiger charge is -2.16. The average molecular weight is 364 g/mol. The normalized spacial score (nSPS) is 11.9. The van der Waals surface area contributed by atoms with E-state index >= 15 is 0 Å². The van der Waals surface area contributed by atoms with Gasteiger partial charge in [-0.3, -0.25) is 9.59 Å². The van der Waals surface area contributed by atoms with Gasteiger partial charge in [-0.1, -0.05) is 49.4 Å². The summed E-state index contributed by atoms with van der Waals surface area (Å²) < 4.78 is 1.87. The number of carbonyl (C=O) groups is 2. The molecule has 1 atom stereocenters. The molecular formula is C21H24N4O2. The summed E-state index contributed by atoms with van der Waals surface area (Å²) in [7, 11) is 0. The average Bonchev–Trinajstić information content (AvgIpc) is 3.05. The van der Waals surface area contributed by atoms with Crippen molar-refractivity contribution in [3.8, 4) is 0 Å². The predicted octanol–water partition coefficient (Wildman–Crippen LogP) is 2.94. The Labute approximate surface area is 158 Å². The van der Waals surface area contributed by atoms with E-state index in [-0.39, 0.29) is 24.4 Å². The van der Waals surface area contributed by atoms with Gasteiger partial charge in [0.15, 0.2) is 0 Å². The summed E-state index contributed by atoms with van der Waals surface area (Å²) in [5.41, 5.74) is 2.73. The molecule has 6 nitrogen and oxygen atoms in total. The van der Waals surface area contributed by atoms with Crippen LogP contribution in [0.2, 0.25) is 0 Å². The molecule has 1 heterocycles. The van der Waals surface area contributed by atoms with Crippen LogP contribution < -0.4 is 10.6 Å². The third-order valence-corrected chi connectivity index (χ3v) is 4.40. The number of fused-ring (bicyclic) bond motifs is 1. The number of amides is 2. The van der Waals surface area contributed by atoms with Crippen molar-refractivity contribution in [2.24, 2.45) is 0 Å². The largest absolute Gasteiger partial charge is 0.350 e. The van der Waals surface area contributed by atoms with Crippen LogP contribution in [-0.4, -0.2) is 21.4 Å². The summed E-state index contributed by atoms with van der Waals surface area (Å²) in [4.78, 5) is 28.9. The monoisotopic (exact) mass is 364 g/mol. The van der Waals surface area contributed by atoms with Crippen LogP contribution in [0.5, 0.6) is 0 Å². The van der Waals surface area contributed by atoms with Gasteiger partial charge in [-0.2, -0.15) is 0 Å². The number of hydrogen-bond donors (Lipinski definition) is 2. The Morgan fingerprint density at radius 3 is 2.48 bits per heavy atom. The minimum atomic E-state index is -0.285. The SMILES string of the molecule is CCC(=O)NC(C)c1nc2ccccc2n1CC(=O)NCc1ccccc1. The zero-order valence-electron chi connectivity index (χ0n) is 15.6. The first-order valence-electron chi connectivity index (χ1n) is 9.13. The fourth-order valence-electron chi connectivity index (χ4n) is 2.99. The fraction of sp³-hybridized carbons (Fsp3) is 0.286. The topological polar surface area (TPSA) is 76.0 Å². The number of imidazole rings is 1. The number of hydrogen-bond acceptors (Lipinski definition) is 3. The minimum Gasteiger partial charge on any atom is -0.350 e. The zero-order valence-corrected chi connectivity index (χ0v) is 15.6. The molecule has 0 bridgehead atoms. The maximum Gasteiger partial charge on any atom is 0.240 e. The van der Waals surface area contributed by atoms with Crippen molar-refractivity contribution in [1.29, 1.82) is 0 Å². The molecule has 3 aromatic rings. The van der Waals surface area contributed by atoms with Crippen LogP contribution in [0.1, 0.15) is 37.7 Å². The van der Waals surface area contributed by atoms with E-state index in [9.17, 15) is 9.59 Å². The Kier molecular flexibility index (Phi) is 5.86. The number of benzene rings is 2. The molecule has 1 aromatic heterocycles. The van der Waals surface area contributed by atoms with Gasteiger partial charge in [0.1, 0.15) is 12.4 Å². The third kappa shape index (κ3) is 4.53. The van der Waals surface area contributed by atoms with Crippen molar-refractivity contribution >= 4 is 22.8 Å². The van der Waals surface area contributed by atoms with E-state index in [2.05, 4.69) is 15.6 Å². The standard InChI is InChI=1S/C21H24N4O2/c1-3-19(26)23-15(2)21-24-17-11-7-8-12-18(17)25(21)14-20(27)22-13-16-9-5-4-6-10-16/h4-12,15H,3,13-14H2,1-2H3,(H,22,27)(H,23,26). The second-order valence-electron chi connectivity index (χ2n) is 6.45. The predicted molar refractivity (Wildman–Crippen MR) is 105 cm³/mol. The van der Waals surface area contributed by atoms with Crippen molar-refractivity contribution in [3.05, 3.63) is 66.0 Å². The van der Waals surface area contributed by atoms with Crippen molar-refractivity contribution in [3.63, 3.8) is 0 Å². The summed E-state index contributed by atoms with van der Waals surface area (Å²) in [5, 5.41) is 5.87. The number of para-hydroxylation sites is 2. The number of rotatable bonds is 7. The van der Waals surface area contributed by atoms with Crippen molar-refractivity contribution in [2.75, 3.05) is 0 Å². The molecule has 0 aliphatic carbocycles. The fourth-order valence-corrected chi connectivity index (χ4v) is 2.99. The van der Waals surface area contributed by atoms with E-state index in [0.29, 0.717) is 18.8 Å². The summed E-state index contributed by atoms with van der Waals surface area (Å²) in [6.07, 6.45) is 0.405. The molecule has 2 N–H and O–H groups in total. The van der Waals surface area contributed by atoms with E-state index < -0.39 is 0 Å². The smallest absolute Gasteiger partial charge is 0.240 e. The molecule has 6 heteroatoms. The van der Waals surface area contributed by atoms with Gasteiger partial charge in [-0.25, -0.2) is 4.98 Å². The molecule has 0 fully saturated rings. The molecule has 0 spiro atoms. The van der Waals surface area contributed by atoms with Crippen molar-refractivity contribution in [1.82, 2.24) is 20.2 Å². The van der Waals surface area contributed by atoms with E-state index in [1.165, 1.54) is 0 Å². The lowest BCUT2D eigenvalue weighted by molar-refractivity contribution is -0.122. The molecule has 1 unspecified atom stereocenters. The molecule has 140 valence electrons. The quantitative estimate of drug-likeness (QED) is 0.677. The molecule has 2 amide bonds. The second kappa shape index (κ2) is 8.49. The Balaban J connectivity index is 1.80. The first-order valence-corrected chi connectivity index (χ1v) is 9.13. The first kappa shape index (κ1) is 18.6. The lowest BCUT2D eigenvalue weighted by atomic mass is 10.2. The van der Waals surface area contributed by atoms with Crippen LogP contribution in [-0.2, 0) is 22.7 Å². The van der Waals surface area contributed by atoms with Gasteiger partial charge in [0.25, 0.3) is 0 Å². The summed E-state index contributed by atoms with van der Waals surface area (Å²) in [6, 6.07) is 17.2. The molecule has 0 aliphatic rings. The van der Waals surface area contributed by atoms with Gasteiger partial charge in [0, 0.05) is 13.0 Å².